The molecule has 18 heavy (non-hydrogen) atoms. The van der Waals surface area contributed by atoms with Crippen LogP contribution in [0.5, 0.6) is 0 Å². The average Bonchev–Trinajstić information content (AvgIpc) is 2.96. The Morgan fingerprint density at radius 3 is 3.17 bits per heavy atom. The van der Waals surface area contributed by atoms with Gasteiger partial charge in [-0.2, -0.15) is 5.10 Å². The van der Waals surface area contributed by atoms with Crippen LogP contribution in [-0.4, -0.2) is 39.3 Å². The molecule has 1 fully saturated rings. The highest BCUT2D eigenvalue weighted by atomic mass is 16.3. The van der Waals surface area contributed by atoms with Crippen LogP contribution in [-0.2, 0) is 11.3 Å². The maximum atomic E-state index is 11.8. The second kappa shape index (κ2) is 4.42. The average molecular weight is 245 g/mol. The molecule has 0 spiro atoms. The molecule has 5 heteroatoms. The van der Waals surface area contributed by atoms with Gasteiger partial charge < -0.3 is 10.0 Å². The van der Waals surface area contributed by atoms with Gasteiger partial charge in [0.05, 0.1) is 11.7 Å². The molecular formula is C13H15N3O2. The van der Waals surface area contributed by atoms with Crippen molar-refractivity contribution in [2.45, 2.75) is 13.0 Å². The largest absolute Gasteiger partial charge is 0.396 e. The van der Waals surface area contributed by atoms with E-state index in [-0.39, 0.29) is 18.4 Å². The van der Waals surface area contributed by atoms with Crippen molar-refractivity contribution < 1.29 is 9.90 Å². The summed E-state index contributed by atoms with van der Waals surface area (Å²) in [6, 6.07) is 6.01. The quantitative estimate of drug-likeness (QED) is 0.844. The van der Waals surface area contributed by atoms with E-state index in [0.29, 0.717) is 19.5 Å². The molecule has 1 saturated heterocycles. The number of nitrogens with one attached hydrogen (secondary N) is 1. The SMILES string of the molecule is O=C1CC(CO)CN1Cc1ccc2[nH]ncc2c1. The summed E-state index contributed by atoms with van der Waals surface area (Å²) < 4.78 is 0. The van der Waals surface area contributed by atoms with Crippen LogP contribution in [0, 0.1) is 5.92 Å². The van der Waals surface area contributed by atoms with Crippen molar-refractivity contribution in [1.29, 1.82) is 0 Å². The molecule has 1 amide bonds. The third kappa shape index (κ3) is 1.97. The molecule has 5 nitrogen and oxygen atoms in total. The predicted octanol–water partition coefficient (Wildman–Crippen LogP) is 0.904. The van der Waals surface area contributed by atoms with E-state index in [1.165, 1.54) is 0 Å². The Kier molecular flexibility index (Phi) is 2.76. The number of aromatic amines is 1. The van der Waals surface area contributed by atoms with E-state index in [1.807, 2.05) is 23.1 Å². The number of benzene rings is 1. The van der Waals surface area contributed by atoms with Gasteiger partial charge in [0.2, 0.25) is 5.91 Å². The number of aliphatic hydroxyl groups excluding tert-OH is 1. The summed E-state index contributed by atoms with van der Waals surface area (Å²) in [5, 5.41) is 17.0. The second-order valence-corrected chi connectivity index (χ2v) is 4.82. The summed E-state index contributed by atoms with van der Waals surface area (Å²) >= 11 is 0. The maximum absolute atomic E-state index is 11.8. The molecule has 0 aliphatic carbocycles. The van der Waals surface area contributed by atoms with Gasteiger partial charge in [-0.25, -0.2) is 0 Å². The first kappa shape index (κ1) is 11.2. The number of hydrogen-bond donors (Lipinski definition) is 2. The van der Waals surface area contributed by atoms with Crippen molar-refractivity contribution in [1.82, 2.24) is 15.1 Å². The number of likely N-dealkylation sites (tertiary alicyclic amines) is 1. The Balaban J connectivity index is 1.77. The summed E-state index contributed by atoms with van der Waals surface area (Å²) in [6.45, 7) is 1.35. The van der Waals surface area contributed by atoms with E-state index < -0.39 is 0 Å². The summed E-state index contributed by atoms with van der Waals surface area (Å²) in [5.74, 6) is 0.219. The van der Waals surface area contributed by atoms with Crippen LogP contribution in [0.25, 0.3) is 10.9 Å². The second-order valence-electron chi connectivity index (χ2n) is 4.82. The van der Waals surface area contributed by atoms with E-state index >= 15 is 0 Å². The summed E-state index contributed by atoms with van der Waals surface area (Å²) in [5.41, 5.74) is 2.09. The van der Waals surface area contributed by atoms with Crippen LogP contribution in [0.15, 0.2) is 24.4 Å². The lowest BCUT2D eigenvalue weighted by molar-refractivity contribution is -0.128. The Bertz CT molecular complexity index is 578. The number of H-pyrrole nitrogens is 1. The fourth-order valence-electron chi connectivity index (χ4n) is 2.44. The minimum absolute atomic E-state index is 0.0863. The molecule has 1 aliphatic heterocycles. The van der Waals surface area contributed by atoms with Crippen molar-refractivity contribution in [3.8, 4) is 0 Å². The van der Waals surface area contributed by atoms with Gasteiger partial charge in [-0.3, -0.25) is 9.89 Å². The molecule has 1 aromatic heterocycles. The third-order valence-electron chi connectivity index (χ3n) is 3.43. The zero-order valence-corrected chi connectivity index (χ0v) is 9.97. The van der Waals surface area contributed by atoms with Gasteiger partial charge in [-0.15, -0.1) is 0 Å². The first-order chi connectivity index (χ1) is 8.76. The molecule has 0 radical (unpaired) electrons. The number of aromatic nitrogens is 2. The number of aliphatic hydroxyl groups is 1. The number of carbonyl (C=O) groups excluding carboxylic acids is 1. The Hall–Kier alpha value is -1.88. The topological polar surface area (TPSA) is 69.2 Å². The fourth-order valence-corrected chi connectivity index (χ4v) is 2.44. The smallest absolute Gasteiger partial charge is 0.223 e. The Morgan fingerprint density at radius 1 is 1.50 bits per heavy atom. The highest BCUT2D eigenvalue weighted by Gasteiger charge is 2.28. The van der Waals surface area contributed by atoms with Crippen molar-refractivity contribution in [3.63, 3.8) is 0 Å². The van der Waals surface area contributed by atoms with E-state index in [9.17, 15) is 4.79 Å². The minimum Gasteiger partial charge on any atom is -0.396 e. The molecule has 0 bridgehead atoms. The predicted molar refractivity (Wildman–Crippen MR) is 66.7 cm³/mol. The molecule has 1 aliphatic rings. The van der Waals surface area contributed by atoms with Gasteiger partial charge in [0.15, 0.2) is 0 Å². The van der Waals surface area contributed by atoms with Crippen LogP contribution in [0.2, 0.25) is 0 Å². The number of amides is 1. The lowest BCUT2D eigenvalue weighted by atomic mass is 10.1. The van der Waals surface area contributed by atoms with E-state index in [1.54, 1.807) is 6.20 Å². The monoisotopic (exact) mass is 245 g/mol. The molecule has 1 unspecified atom stereocenters. The number of nitrogens with zero attached hydrogens (tertiary/aromatic N) is 2. The van der Waals surface area contributed by atoms with Gasteiger partial charge >= 0.3 is 0 Å². The van der Waals surface area contributed by atoms with Crippen molar-refractivity contribution in [3.05, 3.63) is 30.0 Å². The highest BCUT2D eigenvalue weighted by Crippen LogP contribution is 2.21. The van der Waals surface area contributed by atoms with Gasteiger partial charge in [0, 0.05) is 37.4 Å². The van der Waals surface area contributed by atoms with Crippen LogP contribution < -0.4 is 0 Å². The van der Waals surface area contributed by atoms with Gasteiger partial charge in [-0.1, -0.05) is 6.07 Å². The molecule has 94 valence electrons. The fraction of sp³-hybridized carbons (Fsp3) is 0.385. The normalized spacial score (nSPS) is 19.9. The molecule has 2 heterocycles. The minimum atomic E-state index is 0.0863. The number of hydrogen-bond acceptors (Lipinski definition) is 3. The van der Waals surface area contributed by atoms with E-state index in [2.05, 4.69) is 10.2 Å². The molecule has 2 N–H and O–H groups in total. The first-order valence-corrected chi connectivity index (χ1v) is 6.07. The number of carbonyl (C=O) groups is 1. The number of fused-ring (bicyclic) bond motifs is 1. The molecule has 1 aromatic carbocycles. The lowest BCUT2D eigenvalue weighted by Gasteiger charge is -2.16. The molecule has 2 aromatic rings. The molecule has 1 atom stereocenters. The molecule has 0 saturated carbocycles. The number of rotatable bonds is 3. The maximum Gasteiger partial charge on any atom is 0.223 e. The summed E-state index contributed by atoms with van der Waals surface area (Å²) in [7, 11) is 0. The van der Waals surface area contributed by atoms with Crippen molar-refractivity contribution in [2.75, 3.05) is 13.2 Å². The van der Waals surface area contributed by atoms with Crippen LogP contribution >= 0.6 is 0 Å². The zero-order chi connectivity index (χ0) is 12.5. The third-order valence-corrected chi connectivity index (χ3v) is 3.43. The zero-order valence-electron chi connectivity index (χ0n) is 9.97. The van der Waals surface area contributed by atoms with E-state index in [4.69, 9.17) is 5.11 Å². The van der Waals surface area contributed by atoms with Crippen molar-refractivity contribution in [2.24, 2.45) is 5.92 Å². The summed E-state index contributed by atoms with van der Waals surface area (Å²) in [6.07, 6.45) is 2.24. The molecule has 3 rings (SSSR count). The lowest BCUT2D eigenvalue weighted by Crippen LogP contribution is -2.24. The Labute approximate surface area is 104 Å². The first-order valence-electron chi connectivity index (χ1n) is 6.07. The summed E-state index contributed by atoms with van der Waals surface area (Å²) in [4.78, 5) is 13.6. The van der Waals surface area contributed by atoms with Crippen molar-refractivity contribution >= 4 is 16.8 Å². The van der Waals surface area contributed by atoms with Crippen LogP contribution in [0.3, 0.4) is 0 Å². The standard InChI is InChI=1S/C13H15N3O2/c17-8-10-4-13(18)16(7-10)6-9-1-2-12-11(3-9)5-14-15-12/h1-3,5,10,17H,4,6-8H2,(H,14,15). The molecular weight excluding hydrogens is 230 g/mol. The Morgan fingerprint density at radius 2 is 2.39 bits per heavy atom. The highest BCUT2D eigenvalue weighted by molar-refractivity contribution is 5.80. The van der Waals surface area contributed by atoms with Gasteiger partial charge in [-0.05, 0) is 17.7 Å². The van der Waals surface area contributed by atoms with Gasteiger partial charge in [0.25, 0.3) is 0 Å². The van der Waals surface area contributed by atoms with Crippen LogP contribution in [0.1, 0.15) is 12.0 Å². The van der Waals surface area contributed by atoms with E-state index in [0.717, 1.165) is 16.5 Å². The van der Waals surface area contributed by atoms with Gasteiger partial charge in [0.1, 0.15) is 0 Å². The van der Waals surface area contributed by atoms with Crippen LogP contribution in [0.4, 0.5) is 0 Å².